The van der Waals surface area contributed by atoms with Crippen molar-refractivity contribution in [2.45, 2.75) is 13.3 Å². The van der Waals surface area contributed by atoms with Crippen LogP contribution in [0.3, 0.4) is 0 Å². The lowest BCUT2D eigenvalue weighted by molar-refractivity contribution is -0.121. The predicted molar refractivity (Wildman–Crippen MR) is 129 cm³/mol. The molecule has 1 atom stereocenters. The first kappa shape index (κ1) is 22.4. The molecule has 0 spiro atoms. The monoisotopic (exact) mass is 444 g/mol. The lowest BCUT2D eigenvalue weighted by atomic mass is 10.1. The number of hydrogen-bond donors (Lipinski definition) is 0. The van der Waals surface area contributed by atoms with Crippen molar-refractivity contribution in [3.05, 3.63) is 84.4 Å². The Hall–Kier alpha value is -3.80. The largest absolute Gasteiger partial charge is 0.497 e. The lowest BCUT2D eigenvalue weighted by Crippen LogP contribution is -2.39. The molecule has 1 heterocycles. The molecule has 0 bridgehead atoms. The first-order valence-electron chi connectivity index (χ1n) is 11.1. The quantitative estimate of drug-likeness (QED) is 0.492. The molecule has 0 saturated heterocycles. The van der Waals surface area contributed by atoms with Gasteiger partial charge in [0.05, 0.1) is 31.0 Å². The van der Waals surface area contributed by atoms with Crippen LogP contribution in [0.25, 0.3) is 0 Å². The molecule has 3 aromatic carbocycles. The van der Waals surface area contributed by atoms with Gasteiger partial charge in [0.15, 0.2) is 0 Å². The maximum absolute atomic E-state index is 13.3. The van der Waals surface area contributed by atoms with Gasteiger partial charge >= 0.3 is 0 Å². The highest BCUT2D eigenvalue weighted by molar-refractivity contribution is 6.11. The van der Waals surface area contributed by atoms with E-state index in [2.05, 4.69) is 0 Å². The summed E-state index contributed by atoms with van der Waals surface area (Å²) < 4.78 is 11.1. The van der Waals surface area contributed by atoms with Crippen LogP contribution in [0, 0.1) is 5.92 Å². The number of amides is 2. The number of para-hydroxylation sites is 2. The zero-order valence-electron chi connectivity index (χ0n) is 18.9. The van der Waals surface area contributed by atoms with Crippen LogP contribution in [0.5, 0.6) is 11.5 Å². The number of carbonyl (C=O) groups excluding carboxylic acids is 2. The smallest absolute Gasteiger partial charge is 0.258 e. The molecule has 0 aliphatic carbocycles. The van der Waals surface area contributed by atoms with E-state index in [1.807, 2.05) is 73.7 Å². The Balaban J connectivity index is 1.52. The number of methoxy groups -OCH3 is 1. The summed E-state index contributed by atoms with van der Waals surface area (Å²) in [5.41, 5.74) is 2.10. The molecule has 0 fully saturated rings. The normalized spacial score (nSPS) is 15.6. The number of carbonyl (C=O) groups is 2. The Morgan fingerprint density at radius 2 is 1.64 bits per heavy atom. The minimum atomic E-state index is -0.329. The number of hydrogen-bond acceptors (Lipinski definition) is 4. The Labute approximate surface area is 194 Å². The van der Waals surface area contributed by atoms with Gasteiger partial charge in [0.1, 0.15) is 11.5 Å². The van der Waals surface area contributed by atoms with E-state index in [0.717, 1.165) is 22.9 Å². The Morgan fingerprint density at radius 1 is 0.939 bits per heavy atom. The van der Waals surface area contributed by atoms with E-state index in [-0.39, 0.29) is 17.7 Å². The van der Waals surface area contributed by atoms with Crippen molar-refractivity contribution >= 4 is 23.2 Å². The standard InChI is InChI=1S/C27H28N2O4/c1-20-19-29(27(31)21-10-4-3-5-11-21)25-15-7-6-14-24(25)28(26(20)30)16-9-17-33-23-13-8-12-22(18-23)32-2/h3-8,10-15,18,20H,9,16-17,19H2,1-2H3. The van der Waals surface area contributed by atoms with Crippen molar-refractivity contribution in [1.82, 2.24) is 0 Å². The van der Waals surface area contributed by atoms with Crippen molar-refractivity contribution in [2.24, 2.45) is 5.92 Å². The topological polar surface area (TPSA) is 59.1 Å². The second-order valence-electron chi connectivity index (χ2n) is 8.04. The summed E-state index contributed by atoms with van der Waals surface area (Å²) in [7, 11) is 1.62. The predicted octanol–water partition coefficient (Wildman–Crippen LogP) is 4.79. The molecule has 4 rings (SSSR count). The fourth-order valence-electron chi connectivity index (χ4n) is 4.02. The van der Waals surface area contributed by atoms with Crippen LogP contribution in [0.15, 0.2) is 78.9 Å². The van der Waals surface area contributed by atoms with E-state index in [4.69, 9.17) is 9.47 Å². The van der Waals surface area contributed by atoms with Gasteiger partial charge in [-0.15, -0.1) is 0 Å². The van der Waals surface area contributed by atoms with Crippen molar-refractivity contribution in [1.29, 1.82) is 0 Å². The summed E-state index contributed by atoms with van der Waals surface area (Å²) in [6, 6.07) is 24.2. The molecule has 1 aliphatic rings. The highest BCUT2D eigenvalue weighted by Gasteiger charge is 2.33. The van der Waals surface area contributed by atoms with E-state index in [1.165, 1.54) is 0 Å². The van der Waals surface area contributed by atoms with Crippen molar-refractivity contribution in [3.63, 3.8) is 0 Å². The molecule has 0 aromatic heterocycles. The number of fused-ring (bicyclic) bond motifs is 1. The fourth-order valence-corrected chi connectivity index (χ4v) is 4.02. The third-order valence-corrected chi connectivity index (χ3v) is 5.71. The van der Waals surface area contributed by atoms with Crippen LogP contribution in [0.2, 0.25) is 0 Å². The van der Waals surface area contributed by atoms with Crippen molar-refractivity contribution in [2.75, 3.05) is 36.6 Å². The summed E-state index contributed by atoms with van der Waals surface area (Å²) in [6.07, 6.45) is 0.649. The minimum absolute atomic E-state index is 0.00666. The molecular formula is C27H28N2O4. The van der Waals surface area contributed by atoms with Crippen LogP contribution in [-0.2, 0) is 4.79 Å². The van der Waals surface area contributed by atoms with Crippen molar-refractivity contribution in [3.8, 4) is 11.5 Å². The number of nitrogens with zero attached hydrogens (tertiary/aromatic N) is 2. The second kappa shape index (κ2) is 10.2. The molecule has 2 amide bonds. The van der Waals surface area contributed by atoms with Gasteiger partial charge in [0.25, 0.3) is 5.91 Å². The van der Waals surface area contributed by atoms with Gasteiger partial charge in [0, 0.05) is 24.7 Å². The van der Waals surface area contributed by atoms with Crippen molar-refractivity contribution < 1.29 is 19.1 Å². The molecule has 6 nitrogen and oxygen atoms in total. The first-order valence-corrected chi connectivity index (χ1v) is 11.1. The van der Waals surface area contributed by atoms with Crippen LogP contribution < -0.4 is 19.3 Å². The zero-order valence-corrected chi connectivity index (χ0v) is 18.9. The van der Waals surface area contributed by atoms with Crippen LogP contribution in [-0.4, -0.2) is 38.6 Å². The Morgan fingerprint density at radius 3 is 2.39 bits per heavy atom. The van der Waals surface area contributed by atoms with Gasteiger partial charge in [-0.05, 0) is 42.8 Å². The number of anilines is 2. The third-order valence-electron chi connectivity index (χ3n) is 5.71. The number of rotatable bonds is 7. The molecule has 170 valence electrons. The van der Waals surface area contributed by atoms with E-state index < -0.39 is 0 Å². The molecule has 0 radical (unpaired) electrons. The van der Waals surface area contributed by atoms with Crippen LogP contribution in [0.1, 0.15) is 23.7 Å². The van der Waals surface area contributed by atoms with Gasteiger partial charge in [-0.25, -0.2) is 0 Å². The SMILES string of the molecule is COc1cccc(OCCCN2C(=O)C(C)CN(C(=O)c3ccccc3)c3ccccc32)c1. The van der Waals surface area contributed by atoms with Gasteiger partial charge in [-0.3, -0.25) is 9.59 Å². The average Bonchev–Trinajstić information content (AvgIpc) is 2.97. The first-order chi connectivity index (χ1) is 16.1. The summed E-state index contributed by atoms with van der Waals surface area (Å²) in [6.45, 7) is 3.16. The molecule has 3 aromatic rings. The maximum Gasteiger partial charge on any atom is 0.258 e. The molecular weight excluding hydrogens is 416 g/mol. The molecule has 0 saturated carbocycles. The lowest BCUT2D eigenvalue weighted by Gasteiger charge is -2.25. The molecule has 1 aliphatic heterocycles. The zero-order chi connectivity index (χ0) is 23.2. The van der Waals surface area contributed by atoms with E-state index in [1.54, 1.807) is 29.0 Å². The summed E-state index contributed by atoms with van der Waals surface area (Å²) in [5.74, 6) is 1.04. The maximum atomic E-state index is 13.3. The van der Waals surface area contributed by atoms with Gasteiger partial charge in [-0.2, -0.15) is 0 Å². The highest BCUT2D eigenvalue weighted by atomic mass is 16.5. The highest BCUT2D eigenvalue weighted by Crippen LogP contribution is 2.35. The van der Waals surface area contributed by atoms with Crippen LogP contribution >= 0.6 is 0 Å². The molecule has 0 N–H and O–H groups in total. The Kier molecular flexibility index (Phi) is 6.93. The Bertz CT molecular complexity index is 1120. The fraction of sp³-hybridized carbons (Fsp3) is 0.259. The van der Waals surface area contributed by atoms with E-state index in [9.17, 15) is 9.59 Å². The van der Waals surface area contributed by atoms with E-state index >= 15 is 0 Å². The minimum Gasteiger partial charge on any atom is -0.497 e. The number of ether oxygens (including phenoxy) is 2. The third kappa shape index (κ3) is 5.00. The number of benzene rings is 3. The van der Waals surface area contributed by atoms with Crippen LogP contribution in [0.4, 0.5) is 11.4 Å². The van der Waals surface area contributed by atoms with E-state index in [0.29, 0.717) is 31.7 Å². The summed E-state index contributed by atoms with van der Waals surface area (Å²) in [5, 5.41) is 0. The summed E-state index contributed by atoms with van der Waals surface area (Å²) in [4.78, 5) is 30.1. The summed E-state index contributed by atoms with van der Waals surface area (Å²) >= 11 is 0. The molecule has 1 unspecified atom stereocenters. The average molecular weight is 445 g/mol. The van der Waals surface area contributed by atoms with Gasteiger partial charge in [0.2, 0.25) is 5.91 Å². The molecule has 33 heavy (non-hydrogen) atoms. The second-order valence-corrected chi connectivity index (χ2v) is 8.04. The van der Waals surface area contributed by atoms with Gasteiger partial charge < -0.3 is 19.3 Å². The van der Waals surface area contributed by atoms with Gasteiger partial charge in [-0.1, -0.05) is 43.3 Å². The molecule has 6 heteroatoms.